The summed E-state index contributed by atoms with van der Waals surface area (Å²) in [6.07, 6.45) is 6.04. The third kappa shape index (κ3) is 3.66. The van der Waals surface area contributed by atoms with Gasteiger partial charge in [-0.25, -0.2) is 9.97 Å². The average molecular weight is 263 g/mol. The van der Waals surface area contributed by atoms with Gasteiger partial charge in [-0.3, -0.25) is 4.79 Å². The first-order chi connectivity index (χ1) is 9.20. The molecular weight excluding hydrogens is 242 g/mol. The molecular formula is C14H21N3O2. The second-order valence-corrected chi connectivity index (χ2v) is 5.02. The summed E-state index contributed by atoms with van der Waals surface area (Å²) in [4.78, 5) is 20.1. The van der Waals surface area contributed by atoms with Crippen LogP contribution in [0.4, 0.5) is 0 Å². The van der Waals surface area contributed by atoms with Crippen molar-refractivity contribution >= 4 is 5.91 Å². The molecule has 1 fully saturated rings. The summed E-state index contributed by atoms with van der Waals surface area (Å²) >= 11 is 0. The van der Waals surface area contributed by atoms with Crippen molar-refractivity contribution in [1.29, 1.82) is 0 Å². The second-order valence-electron chi connectivity index (χ2n) is 5.02. The second kappa shape index (κ2) is 6.50. The first-order valence-corrected chi connectivity index (χ1v) is 6.96. The quantitative estimate of drug-likeness (QED) is 0.904. The smallest absolute Gasteiger partial charge is 0.270 e. The zero-order valence-corrected chi connectivity index (χ0v) is 11.6. The van der Waals surface area contributed by atoms with E-state index in [2.05, 4.69) is 22.2 Å². The molecule has 1 heterocycles. The highest BCUT2D eigenvalue weighted by atomic mass is 16.5. The molecule has 5 heteroatoms. The maximum absolute atomic E-state index is 12.2. The van der Waals surface area contributed by atoms with E-state index in [1.54, 1.807) is 6.07 Å². The molecule has 0 spiro atoms. The standard InChI is InChI=1S/C14H21N3O2/c1-3-19-13-8-12(15-9-16-13)14(18)17-11-7-5-4-6-10(11)2/h8-11H,3-7H2,1-2H3,(H,17,18). The number of nitrogens with one attached hydrogen (secondary N) is 1. The largest absolute Gasteiger partial charge is 0.478 e. The normalized spacial score (nSPS) is 22.8. The number of hydrogen-bond donors (Lipinski definition) is 1. The number of aromatic nitrogens is 2. The van der Waals surface area contributed by atoms with Crippen LogP contribution >= 0.6 is 0 Å². The van der Waals surface area contributed by atoms with E-state index in [1.165, 1.54) is 25.6 Å². The molecule has 2 unspecified atom stereocenters. The van der Waals surface area contributed by atoms with E-state index in [-0.39, 0.29) is 11.9 Å². The first-order valence-electron chi connectivity index (χ1n) is 6.96. The number of amides is 1. The van der Waals surface area contributed by atoms with Crippen molar-refractivity contribution in [1.82, 2.24) is 15.3 Å². The zero-order chi connectivity index (χ0) is 13.7. The molecule has 0 saturated heterocycles. The Balaban J connectivity index is 2.00. The SMILES string of the molecule is CCOc1cc(C(=O)NC2CCCCC2C)ncn1. The molecule has 0 bridgehead atoms. The summed E-state index contributed by atoms with van der Waals surface area (Å²) in [7, 11) is 0. The van der Waals surface area contributed by atoms with Crippen molar-refractivity contribution in [3.05, 3.63) is 18.1 Å². The Bertz CT molecular complexity index is 436. The molecule has 0 radical (unpaired) electrons. The van der Waals surface area contributed by atoms with Crippen LogP contribution in [0.25, 0.3) is 0 Å². The molecule has 1 aromatic rings. The number of carbonyl (C=O) groups is 1. The lowest BCUT2D eigenvalue weighted by molar-refractivity contribution is 0.0904. The Morgan fingerprint density at radius 3 is 2.95 bits per heavy atom. The van der Waals surface area contributed by atoms with Crippen LogP contribution in [-0.2, 0) is 0 Å². The van der Waals surface area contributed by atoms with Gasteiger partial charge in [0, 0.05) is 12.1 Å². The fourth-order valence-electron chi connectivity index (χ4n) is 2.46. The minimum Gasteiger partial charge on any atom is -0.478 e. The highest BCUT2D eigenvalue weighted by Gasteiger charge is 2.23. The van der Waals surface area contributed by atoms with Gasteiger partial charge in [0.2, 0.25) is 5.88 Å². The Hall–Kier alpha value is -1.65. The van der Waals surface area contributed by atoms with Crippen molar-refractivity contribution in [2.24, 2.45) is 5.92 Å². The molecule has 1 aliphatic rings. The van der Waals surface area contributed by atoms with E-state index in [0.717, 1.165) is 6.42 Å². The number of carbonyl (C=O) groups excluding carboxylic acids is 1. The molecule has 104 valence electrons. The topological polar surface area (TPSA) is 64.1 Å². The van der Waals surface area contributed by atoms with Crippen LogP contribution in [0, 0.1) is 5.92 Å². The fourth-order valence-corrected chi connectivity index (χ4v) is 2.46. The van der Waals surface area contributed by atoms with Gasteiger partial charge in [-0.2, -0.15) is 0 Å². The zero-order valence-electron chi connectivity index (χ0n) is 11.6. The molecule has 5 nitrogen and oxygen atoms in total. The van der Waals surface area contributed by atoms with Gasteiger partial charge < -0.3 is 10.1 Å². The minimum absolute atomic E-state index is 0.137. The van der Waals surface area contributed by atoms with E-state index in [4.69, 9.17) is 4.74 Å². The summed E-state index contributed by atoms with van der Waals surface area (Å²) in [5.74, 6) is 0.840. The average Bonchev–Trinajstić information content (AvgIpc) is 2.42. The monoisotopic (exact) mass is 263 g/mol. The van der Waals surface area contributed by atoms with Crippen LogP contribution in [0.3, 0.4) is 0 Å². The van der Waals surface area contributed by atoms with Crippen LogP contribution in [0.1, 0.15) is 50.0 Å². The van der Waals surface area contributed by atoms with Gasteiger partial charge in [-0.15, -0.1) is 0 Å². The lowest BCUT2D eigenvalue weighted by atomic mass is 9.86. The predicted molar refractivity (Wildman–Crippen MR) is 72.1 cm³/mol. The first kappa shape index (κ1) is 13.8. The molecule has 2 atom stereocenters. The fraction of sp³-hybridized carbons (Fsp3) is 0.643. The molecule has 1 saturated carbocycles. The third-order valence-electron chi connectivity index (χ3n) is 3.59. The lowest BCUT2D eigenvalue weighted by Crippen LogP contribution is -2.41. The van der Waals surface area contributed by atoms with Crippen LogP contribution in [0.15, 0.2) is 12.4 Å². The van der Waals surface area contributed by atoms with Crippen LogP contribution in [0.5, 0.6) is 5.88 Å². The molecule has 1 aromatic heterocycles. The van der Waals surface area contributed by atoms with E-state index < -0.39 is 0 Å². The van der Waals surface area contributed by atoms with Crippen molar-refractivity contribution < 1.29 is 9.53 Å². The Morgan fingerprint density at radius 2 is 2.21 bits per heavy atom. The van der Waals surface area contributed by atoms with Crippen LogP contribution in [-0.4, -0.2) is 28.5 Å². The van der Waals surface area contributed by atoms with Gasteiger partial charge >= 0.3 is 0 Å². The summed E-state index contributed by atoms with van der Waals surface area (Å²) in [6.45, 7) is 4.60. The molecule has 0 aliphatic heterocycles. The minimum atomic E-state index is -0.137. The maximum atomic E-state index is 12.2. The van der Waals surface area contributed by atoms with Gasteiger partial charge in [-0.1, -0.05) is 19.8 Å². The van der Waals surface area contributed by atoms with Gasteiger partial charge in [-0.05, 0) is 25.7 Å². The molecule has 1 amide bonds. The van der Waals surface area contributed by atoms with Gasteiger partial charge in [0.15, 0.2) is 0 Å². The summed E-state index contributed by atoms with van der Waals surface area (Å²) in [5, 5.41) is 3.07. The molecule has 1 N–H and O–H groups in total. The molecule has 0 aromatic carbocycles. The Labute approximate surface area is 113 Å². The summed E-state index contributed by atoms with van der Waals surface area (Å²) < 4.78 is 5.28. The Kier molecular flexibility index (Phi) is 4.71. The van der Waals surface area contributed by atoms with Crippen molar-refractivity contribution in [3.63, 3.8) is 0 Å². The number of ether oxygens (including phenoxy) is 1. The van der Waals surface area contributed by atoms with Gasteiger partial charge in [0.25, 0.3) is 5.91 Å². The number of rotatable bonds is 4. The van der Waals surface area contributed by atoms with Crippen molar-refractivity contribution in [3.8, 4) is 5.88 Å². The highest BCUT2D eigenvalue weighted by Crippen LogP contribution is 2.24. The van der Waals surface area contributed by atoms with Gasteiger partial charge in [0.05, 0.1) is 6.61 Å². The van der Waals surface area contributed by atoms with E-state index in [0.29, 0.717) is 24.1 Å². The van der Waals surface area contributed by atoms with Gasteiger partial charge in [0.1, 0.15) is 12.0 Å². The highest BCUT2D eigenvalue weighted by molar-refractivity contribution is 5.92. The maximum Gasteiger partial charge on any atom is 0.270 e. The van der Waals surface area contributed by atoms with E-state index in [9.17, 15) is 4.79 Å². The van der Waals surface area contributed by atoms with Crippen LogP contribution < -0.4 is 10.1 Å². The van der Waals surface area contributed by atoms with E-state index in [1.807, 2.05) is 6.92 Å². The summed E-state index contributed by atoms with van der Waals surface area (Å²) in [5.41, 5.74) is 0.372. The molecule has 19 heavy (non-hydrogen) atoms. The lowest BCUT2D eigenvalue weighted by Gasteiger charge is -2.29. The predicted octanol–water partition coefficient (Wildman–Crippen LogP) is 2.18. The van der Waals surface area contributed by atoms with Crippen molar-refractivity contribution in [2.75, 3.05) is 6.61 Å². The molecule has 1 aliphatic carbocycles. The number of hydrogen-bond acceptors (Lipinski definition) is 4. The molecule has 2 rings (SSSR count). The third-order valence-corrected chi connectivity index (χ3v) is 3.59. The summed E-state index contributed by atoms with van der Waals surface area (Å²) in [6, 6.07) is 1.85. The van der Waals surface area contributed by atoms with E-state index >= 15 is 0 Å². The van der Waals surface area contributed by atoms with Crippen molar-refractivity contribution in [2.45, 2.75) is 45.6 Å². The number of nitrogens with zero attached hydrogens (tertiary/aromatic N) is 2. The Morgan fingerprint density at radius 1 is 1.42 bits per heavy atom. The van der Waals surface area contributed by atoms with Crippen LogP contribution in [0.2, 0.25) is 0 Å².